The molecule has 1 aromatic carbocycles. The summed E-state index contributed by atoms with van der Waals surface area (Å²) in [7, 11) is 0. The zero-order chi connectivity index (χ0) is 19.4. The van der Waals surface area contributed by atoms with Crippen LogP contribution in [0.15, 0.2) is 61.1 Å². The van der Waals surface area contributed by atoms with E-state index in [4.69, 9.17) is 0 Å². The molecule has 1 N–H and O–H groups in total. The Bertz CT molecular complexity index is 940. The molecule has 0 fully saturated rings. The number of pyridine rings is 2. The number of anilines is 1. The summed E-state index contributed by atoms with van der Waals surface area (Å²) < 4.78 is 30.2. The first kappa shape index (κ1) is 18.4. The van der Waals surface area contributed by atoms with Gasteiger partial charge in [-0.3, -0.25) is 14.8 Å². The number of rotatable bonds is 5. The van der Waals surface area contributed by atoms with Crippen LogP contribution in [-0.4, -0.2) is 22.0 Å². The van der Waals surface area contributed by atoms with Gasteiger partial charge in [-0.2, -0.15) is 8.78 Å². The Morgan fingerprint density at radius 3 is 2.52 bits per heavy atom. The number of ether oxygens (including phenoxy) is 1. The molecule has 0 saturated heterocycles. The Hall–Kier alpha value is -3.35. The molecule has 3 aromatic rings. The molecule has 2 heterocycles. The van der Waals surface area contributed by atoms with Gasteiger partial charge in [0.15, 0.2) is 0 Å². The van der Waals surface area contributed by atoms with Crippen LogP contribution in [-0.2, 0) is 0 Å². The van der Waals surface area contributed by atoms with Crippen LogP contribution in [0.1, 0.15) is 23.0 Å². The highest BCUT2D eigenvalue weighted by atomic mass is 19.3. The van der Waals surface area contributed by atoms with Crippen LogP contribution >= 0.6 is 0 Å². The van der Waals surface area contributed by atoms with E-state index in [0.29, 0.717) is 18.2 Å². The molecular weight excluding hydrogens is 352 g/mol. The molecule has 2 aromatic heterocycles. The Balaban J connectivity index is 1.77. The smallest absolute Gasteiger partial charge is 0.394 e. The van der Waals surface area contributed by atoms with E-state index in [1.807, 2.05) is 19.1 Å². The number of alkyl halides is 2. The number of amides is 1. The van der Waals surface area contributed by atoms with Gasteiger partial charge >= 0.3 is 6.11 Å². The fourth-order valence-electron chi connectivity index (χ4n) is 2.49. The van der Waals surface area contributed by atoms with Crippen LogP contribution in [0.5, 0.6) is 5.75 Å². The average Bonchev–Trinajstić information content (AvgIpc) is 2.63. The van der Waals surface area contributed by atoms with E-state index in [1.165, 1.54) is 30.5 Å². The van der Waals surface area contributed by atoms with Crippen LogP contribution in [0.3, 0.4) is 0 Å². The predicted octanol–water partition coefficient (Wildman–Crippen LogP) is 4.70. The van der Waals surface area contributed by atoms with Gasteiger partial charge < -0.3 is 10.1 Å². The summed E-state index contributed by atoms with van der Waals surface area (Å²) in [5.74, 6) is -0.349. The summed E-state index contributed by atoms with van der Waals surface area (Å²) in [6.45, 7) is 2.51. The third-order valence-corrected chi connectivity index (χ3v) is 3.73. The van der Waals surface area contributed by atoms with Gasteiger partial charge in [0.1, 0.15) is 5.75 Å². The molecule has 0 aliphatic rings. The maximum atomic E-state index is 12.8. The maximum Gasteiger partial charge on any atom is 0.394 e. The average molecular weight is 369 g/mol. The quantitative estimate of drug-likeness (QED) is 0.708. The molecule has 0 saturated carbocycles. The molecule has 5 nitrogen and oxygen atoms in total. The van der Waals surface area contributed by atoms with Crippen LogP contribution in [0.25, 0.3) is 11.1 Å². The van der Waals surface area contributed by atoms with E-state index in [-0.39, 0.29) is 11.7 Å². The normalized spacial score (nSPS) is 11.1. The van der Waals surface area contributed by atoms with Gasteiger partial charge in [0.05, 0.1) is 5.56 Å². The lowest BCUT2D eigenvalue weighted by Gasteiger charge is -2.13. The van der Waals surface area contributed by atoms with E-state index in [2.05, 4.69) is 20.0 Å². The summed E-state index contributed by atoms with van der Waals surface area (Å²) in [6, 6.07) is 11.1. The topological polar surface area (TPSA) is 64.1 Å². The summed E-state index contributed by atoms with van der Waals surface area (Å²) in [4.78, 5) is 20.9. The van der Waals surface area contributed by atoms with E-state index >= 15 is 0 Å². The Morgan fingerprint density at radius 2 is 1.89 bits per heavy atom. The zero-order valence-electron chi connectivity index (χ0n) is 14.7. The minimum Gasteiger partial charge on any atom is -0.433 e. The van der Waals surface area contributed by atoms with Crippen molar-refractivity contribution >= 4 is 11.6 Å². The van der Waals surface area contributed by atoms with Crippen LogP contribution in [0.2, 0.25) is 0 Å². The van der Waals surface area contributed by atoms with Crippen LogP contribution < -0.4 is 10.1 Å². The summed E-state index contributed by atoms with van der Waals surface area (Å²) in [5, 5.41) is 2.71. The number of halogens is 2. The molecule has 27 heavy (non-hydrogen) atoms. The standard InChI is InChI=1S/C20H17F2N3O2/c1-13-18(14-4-3-9-23-11-14)10-15(12-24-13)19(26)25-16-5-7-17(8-6-16)27-20(2,21)22/h3-12H,1-2H3,(H,25,26). The largest absolute Gasteiger partial charge is 0.433 e. The molecule has 138 valence electrons. The lowest BCUT2D eigenvalue weighted by Crippen LogP contribution is -2.19. The number of nitrogens with one attached hydrogen (secondary N) is 1. The van der Waals surface area contributed by atoms with Crippen molar-refractivity contribution in [1.29, 1.82) is 0 Å². The molecule has 1 amide bonds. The molecule has 0 aliphatic heterocycles. The van der Waals surface area contributed by atoms with Crippen LogP contribution in [0, 0.1) is 6.92 Å². The highest BCUT2D eigenvalue weighted by Gasteiger charge is 2.23. The third-order valence-electron chi connectivity index (χ3n) is 3.73. The Kier molecular flexibility index (Phi) is 5.12. The van der Waals surface area contributed by atoms with Gasteiger partial charge in [-0.1, -0.05) is 6.07 Å². The van der Waals surface area contributed by atoms with Crippen molar-refractivity contribution in [1.82, 2.24) is 9.97 Å². The van der Waals surface area contributed by atoms with Gasteiger partial charge in [0.25, 0.3) is 5.91 Å². The fourth-order valence-corrected chi connectivity index (χ4v) is 2.49. The molecule has 0 atom stereocenters. The van der Waals surface area contributed by atoms with Crippen molar-refractivity contribution in [2.45, 2.75) is 20.0 Å². The van der Waals surface area contributed by atoms with Crippen molar-refractivity contribution in [3.05, 3.63) is 72.3 Å². The first-order valence-electron chi connectivity index (χ1n) is 8.17. The first-order valence-corrected chi connectivity index (χ1v) is 8.17. The molecule has 0 aliphatic carbocycles. The second-order valence-electron chi connectivity index (χ2n) is 5.99. The minimum absolute atomic E-state index is 0.0105. The van der Waals surface area contributed by atoms with Gasteiger partial charge in [0, 0.05) is 48.0 Å². The van der Waals surface area contributed by atoms with Gasteiger partial charge in [-0.05, 0) is 43.3 Å². The highest BCUT2D eigenvalue weighted by Crippen LogP contribution is 2.24. The number of nitrogens with zero attached hydrogens (tertiary/aromatic N) is 2. The maximum absolute atomic E-state index is 12.8. The number of carbonyl (C=O) groups excluding carboxylic acids is 1. The molecular formula is C20H17F2N3O2. The third kappa shape index (κ3) is 4.84. The molecule has 7 heteroatoms. The second kappa shape index (κ2) is 7.49. The van der Waals surface area contributed by atoms with Crippen molar-refractivity contribution in [3.8, 4) is 16.9 Å². The molecule has 0 bridgehead atoms. The van der Waals surface area contributed by atoms with E-state index in [9.17, 15) is 13.6 Å². The monoisotopic (exact) mass is 369 g/mol. The van der Waals surface area contributed by atoms with E-state index < -0.39 is 6.11 Å². The summed E-state index contributed by atoms with van der Waals surface area (Å²) in [5.41, 5.74) is 3.28. The highest BCUT2D eigenvalue weighted by molar-refractivity contribution is 6.04. The molecule has 3 rings (SSSR count). The Morgan fingerprint density at radius 1 is 1.15 bits per heavy atom. The number of aromatic nitrogens is 2. The number of carbonyl (C=O) groups is 1. The SMILES string of the molecule is Cc1ncc(C(=O)Nc2ccc(OC(C)(F)F)cc2)cc1-c1cccnc1. The van der Waals surface area contributed by atoms with Gasteiger partial charge in [-0.15, -0.1) is 0 Å². The van der Waals surface area contributed by atoms with Gasteiger partial charge in [0.2, 0.25) is 0 Å². The predicted molar refractivity (Wildman–Crippen MR) is 97.8 cm³/mol. The van der Waals surface area contributed by atoms with Crippen LogP contribution in [0.4, 0.5) is 14.5 Å². The minimum atomic E-state index is -3.26. The Labute approximate surface area is 155 Å². The second-order valence-corrected chi connectivity index (χ2v) is 5.99. The molecule has 0 unspecified atom stereocenters. The lowest BCUT2D eigenvalue weighted by atomic mass is 10.0. The number of benzene rings is 1. The summed E-state index contributed by atoms with van der Waals surface area (Å²) >= 11 is 0. The van der Waals surface area contributed by atoms with Gasteiger partial charge in [-0.25, -0.2) is 0 Å². The zero-order valence-corrected chi connectivity index (χ0v) is 14.7. The molecule has 0 spiro atoms. The number of hydrogen-bond acceptors (Lipinski definition) is 4. The lowest BCUT2D eigenvalue weighted by molar-refractivity contribution is -0.158. The number of hydrogen-bond donors (Lipinski definition) is 1. The summed E-state index contributed by atoms with van der Waals surface area (Å²) in [6.07, 6.45) is 1.60. The first-order chi connectivity index (χ1) is 12.8. The van der Waals surface area contributed by atoms with Crippen molar-refractivity contribution in [2.75, 3.05) is 5.32 Å². The van der Waals surface area contributed by atoms with E-state index in [1.54, 1.807) is 18.5 Å². The number of aryl methyl sites for hydroxylation is 1. The molecule has 0 radical (unpaired) electrons. The van der Waals surface area contributed by atoms with E-state index in [0.717, 1.165) is 16.8 Å². The van der Waals surface area contributed by atoms with Crippen molar-refractivity contribution in [3.63, 3.8) is 0 Å². The van der Waals surface area contributed by atoms with Crippen molar-refractivity contribution < 1.29 is 18.3 Å². The fraction of sp³-hybridized carbons (Fsp3) is 0.150. The van der Waals surface area contributed by atoms with Crippen molar-refractivity contribution in [2.24, 2.45) is 0 Å².